The molecule has 4 rings (SSSR count). The molecular formula is C22H25F3N4O3. The number of nitrogens with zero attached hydrogens (tertiary/aromatic N) is 2. The van der Waals surface area contributed by atoms with Crippen molar-refractivity contribution in [1.82, 2.24) is 15.2 Å². The van der Waals surface area contributed by atoms with Crippen LogP contribution in [0.5, 0.6) is 11.5 Å². The molecular weight excluding hydrogens is 425 g/mol. The van der Waals surface area contributed by atoms with Gasteiger partial charge in [-0.25, -0.2) is 4.98 Å². The Bertz CT molecular complexity index is 962. The molecule has 1 aromatic carbocycles. The van der Waals surface area contributed by atoms with Crippen molar-refractivity contribution in [3.8, 4) is 11.5 Å². The highest BCUT2D eigenvalue weighted by atomic mass is 19.4. The van der Waals surface area contributed by atoms with Gasteiger partial charge in [0, 0.05) is 19.3 Å². The Morgan fingerprint density at radius 3 is 2.72 bits per heavy atom. The second kappa shape index (κ2) is 9.23. The Hall–Kier alpha value is -3.01. The molecule has 32 heavy (non-hydrogen) atoms. The minimum Gasteiger partial charge on any atom is -0.486 e. The number of nitrogen functional groups attached to an aromatic ring is 1. The van der Waals surface area contributed by atoms with Crippen LogP contribution in [0.3, 0.4) is 0 Å². The molecule has 0 radical (unpaired) electrons. The number of rotatable bonds is 5. The zero-order valence-electron chi connectivity index (χ0n) is 17.4. The number of pyridine rings is 1. The summed E-state index contributed by atoms with van der Waals surface area (Å²) in [7, 11) is 0. The minimum atomic E-state index is -4.50. The Kier molecular flexibility index (Phi) is 6.40. The van der Waals surface area contributed by atoms with Gasteiger partial charge in [0.2, 0.25) is 0 Å². The number of carbonyl (C=O) groups is 1. The van der Waals surface area contributed by atoms with E-state index in [9.17, 15) is 18.0 Å². The smallest absolute Gasteiger partial charge is 0.420 e. The molecule has 0 aliphatic carbocycles. The zero-order valence-corrected chi connectivity index (χ0v) is 17.4. The summed E-state index contributed by atoms with van der Waals surface area (Å²) in [6, 6.07) is 7.10. The number of para-hydroxylation sites is 1. The number of piperidine rings is 1. The van der Waals surface area contributed by atoms with Crippen LogP contribution in [0.15, 0.2) is 36.5 Å². The van der Waals surface area contributed by atoms with E-state index in [1.165, 1.54) is 18.3 Å². The third kappa shape index (κ3) is 5.07. The molecule has 172 valence electrons. The van der Waals surface area contributed by atoms with Gasteiger partial charge in [-0.3, -0.25) is 9.69 Å². The summed E-state index contributed by atoms with van der Waals surface area (Å²) in [5.74, 6) is 0.159. The number of likely N-dealkylation sites (tertiary alicyclic amines) is 1. The van der Waals surface area contributed by atoms with Crippen LogP contribution in [-0.2, 0) is 6.18 Å². The van der Waals surface area contributed by atoms with E-state index in [1.54, 1.807) is 12.1 Å². The Morgan fingerprint density at radius 2 is 2.00 bits per heavy atom. The molecule has 1 atom stereocenters. The lowest BCUT2D eigenvalue weighted by atomic mass is 9.96. The minimum absolute atomic E-state index is 0.125. The van der Waals surface area contributed by atoms with Gasteiger partial charge in [0.15, 0.2) is 11.5 Å². The van der Waals surface area contributed by atoms with Crippen molar-refractivity contribution >= 4 is 11.7 Å². The van der Waals surface area contributed by atoms with Crippen molar-refractivity contribution in [2.75, 3.05) is 38.5 Å². The molecule has 10 heteroatoms. The van der Waals surface area contributed by atoms with Crippen LogP contribution < -0.4 is 20.5 Å². The second-order valence-corrected chi connectivity index (χ2v) is 8.07. The molecule has 1 amide bonds. The van der Waals surface area contributed by atoms with Gasteiger partial charge < -0.3 is 20.5 Å². The van der Waals surface area contributed by atoms with E-state index in [0.717, 1.165) is 32.0 Å². The second-order valence-electron chi connectivity index (χ2n) is 8.07. The normalized spacial score (nSPS) is 19.5. The Morgan fingerprint density at radius 1 is 1.22 bits per heavy atom. The van der Waals surface area contributed by atoms with E-state index in [2.05, 4.69) is 15.2 Å². The average molecular weight is 450 g/mol. The number of aromatic nitrogens is 1. The SMILES string of the molecule is Nc1ncccc1C(=O)NCC1CCN(C[C@H]2COc3cccc(C(F)(F)F)c3O2)CC1. The number of hydrogen-bond acceptors (Lipinski definition) is 6. The lowest BCUT2D eigenvalue weighted by Crippen LogP contribution is -2.45. The number of ether oxygens (including phenoxy) is 2. The van der Waals surface area contributed by atoms with Gasteiger partial charge in [-0.2, -0.15) is 13.2 Å². The fraction of sp³-hybridized carbons (Fsp3) is 0.455. The fourth-order valence-electron chi connectivity index (χ4n) is 4.05. The highest BCUT2D eigenvalue weighted by Crippen LogP contribution is 2.43. The fourth-order valence-corrected chi connectivity index (χ4v) is 4.05. The monoisotopic (exact) mass is 450 g/mol. The molecule has 3 N–H and O–H groups in total. The number of alkyl halides is 3. The number of halogens is 3. The maximum Gasteiger partial charge on any atom is 0.420 e. The number of nitrogens with one attached hydrogen (secondary N) is 1. The van der Waals surface area contributed by atoms with Crippen LogP contribution in [0.4, 0.5) is 19.0 Å². The maximum absolute atomic E-state index is 13.3. The van der Waals surface area contributed by atoms with Crippen LogP contribution >= 0.6 is 0 Å². The molecule has 1 fully saturated rings. The number of carbonyl (C=O) groups excluding carboxylic acids is 1. The molecule has 3 heterocycles. The number of nitrogens with two attached hydrogens (primary N) is 1. The molecule has 2 aromatic rings. The highest BCUT2D eigenvalue weighted by molar-refractivity contribution is 5.98. The highest BCUT2D eigenvalue weighted by Gasteiger charge is 2.38. The van der Waals surface area contributed by atoms with Crippen LogP contribution in [0.1, 0.15) is 28.8 Å². The first-order valence-electron chi connectivity index (χ1n) is 10.5. The van der Waals surface area contributed by atoms with Gasteiger partial charge in [-0.05, 0) is 56.1 Å². The summed E-state index contributed by atoms with van der Waals surface area (Å²) in [6.07, 6.45) is -1.72. The molecule has 0 spiro atoms. The molecule has 2 aliphatic heterocycles. The summed E-state index contributed by atoms with van der Waals surface area (Å²) in [5.41, 5.74) is 5.28. The topological polar surface area (TPSA) is 89.7 Å². The van der Waals surface area contributed by atoms with Crippen molar-refractivity contribution in [2.45, 2.75) is 25.1 Å². The van der Waals surface area contributed by atoms with Gasteiger partial charge in [0.25, 0.3) is 5.91 Å². The predicted molar refractivity (Wildman–Crippen MR) is 112 cm³/mol. The number of anilines is 1. The molecule has 0 unspecified atom stereocenters. The molecule has 7 nitrogen and oxygen atoms in total. The van der Waals surface area contributed by atoms with Crippen LogP contribution in [0.25, 0.3) is 0 Å². The molecule has 1 aromatic heterocycles. The van der Waals surface area contributed by atoms with Crippen molar-refractivity contribution in [2.24, 2.45) is 5.92 Å². The third-order valence-electron chi connectivity index (χ3n) is 5.80. The van der Waals surface area contributed by atoms with E-state index >= 15 is 0 Å². The van der Waals surface area contributed by atoms with Crippen molar-refractivity contribution in [1.29, 1.82) is 0 Å². The van der Waals surface area contributed by atoms with E-state index in [1.807, 2.05) is 0 Å². The first kappa shape index (κ1) is 22.2. The molecule has 2 aliphatic rings. The molecule has 0 saturated carbocycles. The van der Waals surface area contributed by atoms with E-state index in [0.29, 0.717) is 24.6 Å². The largest absolute Gasteiger partial charge is 0.486 e. The van der Waals surface area contributed by atoms with Gasteiger partial charge in [-0.15, -0.1) is 0 Å². The summed E-state index contributed by atoms with van der Waals surface area (Å²) in [4.78, 5) is 18.4. The Balaban J connectivity index is 1.26. The molecule has 0 bridgehead atoms. The quantitative estimate of drug-likeness (QED) is 0.728. The standard InChI is InChI=1S/C22H25F3N4O3/c23-22(24,25)17-4-1-5-18-19(17)32-15(13-31-18)12-29-9-6-14(7-10-29)11-28-21(30)16-3-2-8-27-20(16)26/h1-5,8,14-15H,6-7,9-13H2,(H2,26,27)(H,28,30)/t15-/m0/s1. The summed E-state index contributed by atoms with van der Waals surface area (Å²) < 4.78 is 51.1. The summed E-state index contributed by atoms with van der Waals surface area (Å²) >= 11 is 0. The van der Waals surface area contributed by atoms with Crippen molar-refractivity contribution < 1.29 is 27.4 Å². The summed E-state index contributed by atoms with van der Waals surface area (Å²) in [6.45, 7) is 2.76. The van der Waals surface area contributed by atoms with Crippen LogP contribution in [-0.4, -0.2) is 54.7 Å². The third-order valence-corrected chi connectivity index (χ3v) is 5.80. The maximum atomic E-state index is 13.3. The molecule has 1 saturated heterocycles. The number of fused-ring (bicyclic) bond motifs is 1. The Labute approximate surface area is 183 Å². The number of amides is 1. The van der Waals surface area contributed by atoms with Crippen molar-refractivity contribution in [3.63, 3.8) is 0 Å². The van der Waals surface area contributed by atoms with E-state index in [4.69, 9.17) is 15.2 Å². The van der Waals surface area contributed by atoms with E-state index < -0.39 is 17.8 Å². The predicted octanol–water partition coefficient (Wildman–Crippen LogP) is 2.96. The lowest BCUT2D eigenvalue weighted by Gasteiger charge is -2.36. The first-order chi connectivity index (χ1) is 15.3. The zero-order chi connectivity index (χ0) is 22.7. The van der Waals surface area contributed by atoms with Gasteiger partial charge >= 0.3 is 6.18 Å². The average Bonchev–Trinajstić information content (AvgIpc) is 2.77. The number of hydrogen-bond donors (Lipinski definition) is 2. The van der Waals surface area contributed by atoms with Gasteiger partial charge in [0.05, 0.1) is 5.56 Å². The first-order valence-corrected chi connectivity index (χ1v) is 10.5. The van der Waals surface area contributed by atoms with Gasteiger partial charge in [-0.1, -0.05) is 6.07 Å². The lowest BCUT2D eigenvalue weighted by molar-refractivity contribution is -0.140. The summed E-state index contributed by atoms with van der Waals surface area (Å²) in [5, 5.41) is 2.91. The van der Waals surface area contributed by atoms with Crippen molar-refractivity contribution in [3.05, 3.63) is 47.7 Å². The van der Waals surface area contributed by atoms with Crippen LogP contribution in [0, 0.1) is 5.92 Å². The van der Waals surface area contributed by atoms with Crippen LogP contribution in [0.2, 0.25) is 0 Å². The van der Waals surface area contributed by atoms with E-state index in [-0.39, 0.29) is 29.8 Å². The van der Waals surface area contributed by atoms with Gasteiger partial charge in [0.1, 0.15) is 24.1 Å². The number of benzene rings is 1.